The quantitative estimate of drug-likeness (QED) is 0.668. The maximum atomic E-state index is 10.7. The third-order valence-corrected chi connectivity index (χ3v) is 2.75. The lowest BCUT2D eigenvalue weighted by Gasteiger charge is -2.10. The van der Waals surface area contributed by atoms with E-state index in [2.05, 4.69) is 4.98 Å². The number of pyridine rings is 1. The van der Waals surface area contributed by atoms with Crippen LogP contribution in [0.1, 0.15) is 16.7 Å². The number of aliphatic hydroxyl groups is 1. The number of hydrogen-bond donors (Lipinski definition) is 1. The predicted molar refractivity (Wildman–Crippen MR) is 72.3 cm³/mol. The molecule has 0 atom stereocenters. The van der Waals surface area contributed by atoms with E-state index < -0.39 is 4.92 Å². The highest BCUT2D eigenvalue weighted by Gasteiger charge is 2.11. The van der Waals surface area contributed by atoms with Crippen LogP contribution in [-0.4, -0.2) is 15.0 Å². The number of hydrogen-bond acceptors (Lipinski definition) is 5. The summed E-state index contributed by atoms with van der Waals surface area (Å²) in [7, 11) is 0. The van der Waals surface area contributed by atoms with E-state index in [1.54, 1.807) is 12.4 Å². The van der Waals surface area contributed by atoms with E-state index in [-0.39, 0.29) is 12.3 Å². The van der Waals surface area contributed by atoms with Gasteiger partial charge in [-0.25, -0.2) is 0 Å². The minimum absolute atomic E-state index is 0.0707. The first-order valence-corrected chi connectivity index (χ1v) is 6.01. The van der Waals surface area contributed by atoms with Crippen molar-refractivity contribution in [1.82, 2.24) is 4.98 Å². The van der Waals surface area contributed by atoms with Gasteiger partial charge in [-0.1, -0.05) is 0 Å². The Morgan fingerprint density at radius 2 is 2.15 bits per heavy atom. The van der Waals surface area contributed by atoms with Crippen molar-refractivity contribution < 1.29 is 14.8 Å². The molecule has 1 aromatic carbocycles. The maximum absolute atomic E-state index is 10.7. The molecule has 0 saturated carbocycles. The predicted octanol–water partition coefficient (Wildman–Crippen LogP) is 2.37. The van der Waals surface area contributed by atoms with Crippen LogP contribution in [-0.2, 0) is 13.2 Å². The summed E-state index contributed by atoms with van der Waals surface area (Å²) in [5.41, 5.74) is 2.24. The number of non-ortho nitro benzene ring substituents is 1. The number of nitrogens with zero attached hydrogens (tertiary/aromatic N) is 2. The molecule has 1 N–H and O–H groups in total. The van der Waals surface area contributed by atoms with Gasteiger partial charge in [0.25, 0.3) is 5.69 Å². The number of aryl methyl sites for hydroxylation is 1. The van der Waals surface area contributed by atoms with Crippen LogP contribution >= 0.6 is 0 Å². The number of benzene rings is 1. The van der Waals surface area contributed by atoms with Crippen LogP contribution in [0.4, 0.5) is 5.69 Å². The van der Waals surface area contributed by atoms with Crippen LogP contribution in [0.3, 0.4) is 0 Å². The molecule has 0 spiro atoms. The van der Waals surface area contributed by atoms with Crippen molar-refractivity contribution in [3.63, 3.8) is 0 Å². The van der Waals surface area contributed by atoms with Crippen LogP contribution in [0.5, 0.6) is 5.75 Å². The fourth-order valence-electron chi connectivity index (χ4n) is 1.80. The lowest BCUT2D eigenvalue weighted by atomic mass is 10.2. The molecule has 0 aliphatic rings. The molecule has 0 aliphatic carbocycles. The zero-order valence-corrected chi connectivity index (χ0v) is 10.9. The Kier molecular flexibility index (Phi) is 4.27. The van der Waals surface area contributed by atoms with Crippen molar-refractivity contribution >= 4 is 5.69 Å². The summed E-state index contributed by atoms with van der Waals surface area (Å²) in [4.78, 5) is 14.2. The summed E-state index contributed by atoms with van der Waals surface area (Å²) < 4.78 is 5.58. The third kappa shape index (κ3) is 3.30. The first kappa shape index (κ1) is 14.0. The largest absolute Gasteiger partial charge is 0.488 e. The van der Waals surface area contributed by atoms with Gasteiger partial charge >= 0.3 is 0 Å². The van der Waals surface area contributed by atoms with Crippen LogP contribution in [0.25, 0.3) is 0 Å². The second-order valence-corrected chi connectivity index (χ2v) is 4.37. The third-order valence-electron chi connectivity index (χ3n) is 2.75. The summed E-state index contributed by atoms with van der Waals surface area (Å²) in [6.07, 6.45) is 3.44. The fourth-order valence-corrected chi connectivity index (χ4v) is 1.80. The van der Waals surface area contributed by atoms with Gasteiger partial charge in [-0.05, 0) is 24.6 Å². The Labute approximate surface area is 115 Å². The maximum Gasteiger partial charge on any atom is 0.270 e. The number of nitro groups is 1. The Morgan fingerprint density at radius 3 is 2.80 bits per heavy atom. The molecule has 6 nitrogen and oxygen atoms in total. The molecule has 2 aromatic rings. The molecular weight excluding hydrogens is 260 g/mol. The second-order valence-electron chi connectivity index (χ2n) is 4.37. The molecule has 0 unspecified atom stereocenters. The van der Waals surface area contributed by atoms with Gasteiger partial charge in [-0.3, -0.25) is 15.1 Å². The second kappa shape index (κ2) is 6.12. The summed E-state index contributed by atoms with van der Waals surface area (Å²) in [6.45, 7) is 1.91. The number of aromatic nitrogens is 1. The van der Waals surface area contributed by atoms with E-state index in [4.69, 9.17) is 4.74 Å². The number of ether oxygens (including phenoxy) is 1. The van der Waals surface area contributed by atoms with Gasteiger partial charge in [-0.15, -0.1) is 0 Å². The Balaban J connectivity index is 2.15. The number of nitro benzene ring substituents is 1. The van der Waals surface area contributed by atoms with Gasteiger partial charge in [-0.2, -0.15) is 0 Å². The molecular formula is C14H14N2O4. The van der Waals surface area contributed by atoms with Gasteiger partial charge in [0.15, 0.2) is 0 Å². The summed E-state index contributed by atoms with van der Waals surface area (Å²) in [5.74, 6) is 0.430. The van der Waals surface area contributed by atoms with Gasteiger partial charge in [0.05, 0.1) is 11.5 Å². The van der Waals surface area contributed by atoms with Crippen molar-refractivity contribution in [2.24, 2.45) is 0 Å². The highest BCUT2D eigenvalue weighted by molar-refractivity contribution is 5.43. The molecule has 104 valence electrons. The van der Waals surface area contributed by atoms with Crippen molar-refractivity contribution in [3.8, 4) is 5.75 Å². The molecule has 0 fully saturated rings. The Hall–Kier alpha value is -2.47. The van der Waals surface area contributed by atoms with Crippen molar-refractivity contribution in [2.75, 3.05) is 0 Å². The molecule has 0 bridgehead atoms. The average Bonchev–Trinajstić information content (AvgIpc) is 2.45. The topological polar surface area (TPSA) is 85.5 Å². The standard InChI is InChI=1S/C14H14N2O4/c1-10-4-11(7-15-6-10)9-20-14-3-2-13(16(18)19)5-12(14)8-17/h2-7,17H,8-9H2,1H3. The Morgan fingerprint density at radius 1 is 1.35 bits per heavy atom. The monoisotopic (exact) mass is 274 g/mol. The lowest BCUT2D eigenvalue weighted by Crippen LogP contribution is -2.00. The lowest BCUT2D eigenvalue weighted by molar-refractivity contribution is -0.385. The normalized spacial score (nSPS) is 10.3. The van der Waals surface area contributed by atoms with E-state index in [1.807, 2.05) is 13.0 Å². The van der Waals surface area contributed by atoms with Gasteiger partial charge in [0.2, 0.25) is 0 Å². The smallest absolute Gasteiger partial charge is 0.270 e. The minimum atomic E-state index is -0.507. The first-order chi connectivity index (χ1) is 9.60. The molecule has 2 rings (SSSR count). The highest BCUT2D eigenvalue weighted by atomic mass is 16.6. The van der Waals surface area contributed by atoms with Crippen LogP contribution in [0, 0.1) is 17.0 Å². The molecule has 0 radical (unpaired) electrons. The molecule has 1 heterocycles. The van der Waals surface area contributed by atoms with Gasteiger partial charge in [0, 0.05) is 35.7 Å². The Bertz CT molecular complexity index is 628. The summed E-state index contributed by atoms with van der Waals surface area (Å²) in [5, 5.41) is 19.9. The number of rotatable bonds is 5. The van der Waals surface area contributed by atoms with E-state index in [9.17, 15) is 15.2 Å². The minimum Gasteiger partial charge on any atom is -0.488 e. The fraction of sp³-hybridized carbons (Fsp3) is 0.214. The first-order valence-electron chi connectivity index (χ1n) is 6.01. The van der Waals surface area contributed by atoms with E-state index >= 15 is 0 Å². The average molecular weight is 274 g/mol. The molecule has 0 saturated heterocycles. The van der Waals surface area contributed by atoms with E-state index in [0.29, 0.717) is 17.9 Å². The molecule has 20 heavy (non-hydrogen) atoms. The van der Waals surface area contributed by atoms with Crippen molar-refractivity contribution in [3.05, 3.63) is 63.5 Å². The zero-order chi connectivity index (χ0) is 14.5. The van der Waals surface area contributed by atoms with Crippen LogP contribution < -0.4 is 4.74 Å². The van der Waals surface area contributed by atoms with Gasteiger partial charge in [0.1, 0.15) is 12.4 Å². The van der Waals surface area contributed by atoms with Crippen molar-refractivity contribution in [2.45, 2.75) is 20.1 Å². The van der Waals surface area contributed by atoms with Crippen LogP contribution in [0.2, 0.25) is 0 Å². The number of aliphatic hydroxyl groups excluding tert-OH is 1. The van der Waals surface area contributed by atoms with Crippen LogP contribution in [0.15, 0.2) is 36.7 Å². The van der Waals surface area contributed by atoms with Gasteiger partial charge < -0.3 is 9.84 Å². The summed E-state index contributed by atoms with van der Waals surface area (Å²) in [6, 6.07) is 6.09. The molecule has 0 amide bonds. The molecule has 0 aliphatic heterocycles. The molecule has 1 aromatic heterocycles. The van der Waals surface area contributed by atoms with E-state index in [0.717, 1.165) is 11.1 Å². The van der Waals surface area contributed by atoms with E-state index in [1.165, 1.54) is 18.2 Å². The summed E-state index contributed by atoms with van der Waals surface area (Å²) >= 11 is 0. The SMILES string of the molecule is Cc1cncc(COc2ccc([N+](=O)[O-])cc2CO)c1. The molecule has 6 heteroatoms. The zero-order valence-electron chi connectivity index (χ0n) is 10.9. The highest BCUT2D eigenvalue weighted by Crippen LogP contribution is 2.25. The van der Waals surface area contributed by atoms with Crippen molar-refractivity contribution in [1.29, 1.82) is 0 Å².